The van der Waals surface area contributed by atoms with Gasteiger partial charge in [-0.3, -0.25) is 0 Å². The van der Waals surface area contributed by atoms with Gasteiger partial charge in [-0.15, -0.1) is 10.2 Å². The number of carbonyl (C=O) groups excluding carboxylic acids is 1. The van der Waals surface area contributed by atoms with Gasteiger partial charge in [0, 0.05) is 17.7 Å². The number of methoxy groups -OCH3 is 3. The van der Waals surface area contributed by atoms with Gasteiger partial charge in [-0.1, -0.05) is 0 Å². The van der Waals surface area contributed by atoms with Crippen molar-refractivity contribution in [3.8, 4) is 29.0 Å². The molecule has 0 bridgehead atoms. The van der Waals surface area contributed by atoms with E-state index in [1.165, 1.54) is 21.3 Å². The van der Waals surface area contributed by atoms with Crippen LogP contribution in [0, 0.1) is 5.92 Å². The van der Waals surface area contributed by atoms with Crippen LogP contribution in [0.5, 0.6) is 17.8 Å². The molecule has 8 heteroatoms. The molecule has 3 rings (SSSR count). The van der Waals surface area contributed by atoms with E-state index in [9.17, 15) is 4.79 Å². The van der Waals surface area contributed by atoms with Crippen LogP contribution >= 0.6 is 0 Å². The van der Waals surface area contributed by atoms with E-state index in [0.29, 0.717) is 23.0 Å². The Bertz CT molecular complexity index is 737. The highest BCUT2D eigenvalue weighted by molar-refractivity contribution is 5.67. The van der Waals surface area contributed by atoms with Crippen molar-refractivity contribution in [2.24, 2.45) is 5.92 Å². The summed E-state index contributed by atoms with van der Waals surface area (Å²) >= 11 is 0. The second kappa shape index (κ2) is 6.15. The molecular weight excluding hydrogens is 300 g/mol. The summed E-state index contributed by atoms with van der Waals surface area (Å²) in [6.07, 6.45) is 3.32. The highest BCUT2D eigenvalue weighted by Crippen LogP contribution is 2.49. The van der Waals surface area contributed by atoms with Crippen LogP contribution < -0.4 is 14.2 Å². The lowest BCUT2D eigenvalue weighted by Crippen LogP contribution is -2.02. The number of hydrogen-bond donors (Lipinski definition) is 0. The molecule has 120 valence electrons. The molecule has 1 saturated carbocycles. The van der Waals surface area contributed by atoms with Crippen molar-refractivity contribution in [1.82, 2.24) is 20.2 Å². The van der Waals surface area contributed by atoms with E-state index in [-0.39, 0.29) is 17.8 Å². The fourth-order valence-corrected chi connectivity index (χ4v) is 2.45. The molecule has 0 spiro atoms. The molecule has 2 aromatic heterocycles. The lowest BCUT2D eigenvalue weighted by molar-refractivity contribution is -0.108. The first-order valence-electron chi connectivity index (χ1n) is 7.04. The zero-order chi connectivity index (χ0) is 16.4. The predicted molar refractivity (Wildman–Crippen MR) is 79.6 cm³/mol. The summed E-state index contributed by atoms with van der Waals surface area (Å²) in [7, 11) is 4.52. The Morgan fingerprint density at radius 2 is 1.91 bits per heavy atom. The first kappa shape index (κ1) is 15.1. The molecule has 2 aromatic rings. The summed E-state index contributed by atoms with van der Waals surface area (Å²) in [5.41, 5.74) is 2.00. The van der Waals surface area contributed by atoms with Crippen molar-refractivity contribution < 1.29 is 19.0 Å². The van der Waals surface area contributed by atoms with E-state index in [1.807, 2.05) is 6.07 Å². The highest BCUT2D eigenvalue weighted by atomic mass is 16.5. The predicted octanol–water partition coefficient (Wildman–Crippen LogP) is 1.26. The number of nitrogens with zero attached hydrogens (tertiary/aromatic N) is 4. The van der Waals surface area contributed by atoms with Gasteiger partial charge >= 0.3 is 6.01 Å². The van der Waals surface area contributed by atoms with Crippen molar-refractivity contribution in [2.75, 3.05) is 21.3 Å². The highest BCUT2D eigenvalue weighted by Gasteiger charge is 2.40. The maximum atomic E-state index is 10.9. The average Bonchev–Trinajstić information content (AvgIpc) is 3.40. The number of aromatic nitrogens is 4. The SMILES string of the molecule is COc1ncc(-c2cc([C@H]3C[C@@H]3C=O)c(OC)nn2)c(OC)n1. The Balaban J connectivity index is 2.04. The van der Waals surface area contributed by atoms with Crippen molar-refractivity contribution in [2.45, 2.75) is 12.3 Å². The maximum absolute atomic E-state index is 10.9. The normalized spacial score (nSPS) is 19.1. The summed E-state index contributed by atoms with van der Waals surface area (Å²) < 4.78 is 15.5. The summed E-state index contributed by atoms with van der Waals surface area (Å²) in [5.74, 6) is 0.887. The van der Waals surface area contributed by atoms with Crippen LogP contribution in [-0.4, -0.2) is 47.8 Å². The van der Waals surface area contributed by atoms with Crippen LogP contribution in [0.2, 0.25) is 0 Å². The standard InChI is InChI=1S/C15H16N4O4/c1-21-13-11(6-16-15(17-13)23-3)12-5-10(9-4-8(9)7-20)14(22-2)19-18-12/h5-9H,4H2,1-3H3/t8-,9+/m1/s1. The number of aldehydes is 1. The molecule has 0 aromatic carbocycles. The second-order valence-corrected chi connectivity index (χ2v) is 5.12. The Kier molecular flexibility index (Phi) is 4.05. The van der Waals surface area contributed by atoms with Crippen LogP contribution in [0.4, 0.5) is 0 Å². The van der Waals surface area contributed by atoms with Crippen LogP contribution in [-0.2, 0) is 4.79 Å². The first-order chi connectivity index (χ1) is 11.2. The minimum atomic E-state index is 0.00922. The molecule has 1 aliphatic rings. The average molecular weight is 316 g/mol. The topological polar surface area (TPSA) is 96.3 Å². The van der Waals surface area contributed by atoms with Crippen molar-refractivity contribution >= 4 is 6.29 Å². The quantitative estimate of drug-likeness (QED) is 0.735. The van der Waals surface area contributed by atoms with Crippen LogP contribution in [0.3, 0.4) is 0 Å². The molecule has 1 fully saturated rings. The van der Waals surface area contributed by atoms with Crippen LogP contribution in [0.15, 0.2) is 12.3 Å². The van der Waals surface area contributed by atoms with Gasteiger partial charge in [0.15, 0.2) is 0 Å². The Morgan fingerprint density at radius 1 is 1.13 bits per heavy atom. The van der Waals surface area contributed by atoms with Gasteiger partial charge < -0.3 is 19.0 Å². The summed E-state index contributed by atoms with van der Waals surface area (Å²) in [6.45, 7) is 0. The largest absolute Gasteiger partial charge is 0.480 e. The van der Waals surface area contributed by atoms with Crippen LogP contribution in [0.25, 0.3) is 11.3 Å². The van der Waals surface area contributed by atoms with Gasteiger partial charge in [0.25, 0.3) is 0 Å². The molecule has 1 aliphatic carbocycles. The monoisotopic (exact) mass is 316 g/mol. The third-order valence-corrected chi connectivity index (χ3v) is 3.78. The van der Waals surface area contributed by atoms with Gasteiger partial charge in [-0.05, 0) is 18.4 Å². The summed E-state index contributed by atoms with van der Waals surface area (Å²) in [5, 5.41) is 8.23. The van der Waals surface area contributed by atoms with Crippen molar-refractivity contribution in [3.63, 3.8) is 0 Å². The lowest BCUT2D eigenvalue weighted by Gasteiger charge is -2.10. The minimum Gasteiger partial charge on any atom is -0.480 e. The molecule has 0 unspecified atom stereocenters. The van der Waals surface area contributed by atoms with E-state index in [0.717, 1.165) is 18.3 Å². The van der Waals surface area contributed by atoms with E-state index in [1.54, 1.807) is 6.20 Å². The molecule has 0 amide bonds. The third-order valence-electron chi connectivity index (χ3n) is 3.78. The fraction of sp³-hybridized carbons (Fsp3) is 0.400. The Hall–Kier alpha value is -2.77. The Morgan fingerprint density at radius 3 is 2.52 bits per heavy atom. The molecule has 0 N–H and O–H groups in total. The van der Waals surface area contributed by atoms with Crippen LogP contribution in [0.1, 0.15) is 17.9 Å². The molecule has 23 heavy (non-hydrogen) atoms. The number of carbonyl (C=O) groups is 1. The summed E-state index contributed by atoms with van der Waals surface area (Å²) in [4.78, 5) is 19.2. The zero-order valence-electron chi connectivity index (χ0n) is 13.0. The first-order valence-corrected chi connectivity index (χ1v) is 7.04. The number of rotatable bonds is 6. The minimum absolute atomic E-state index is 0.00922. The van der Waals surface area contributed by atoms with Gasteiger partial charge in [0.1, 0.15) is 12.0 Å². The van der Waals surface area contributed by atoms with Crippen molar-refractivity contribution in [3.05, 3.63) is 17.8 Å². The van der Waals surface area contributed by atoms with E-state index < -0.39 is 0 Å². The van der Waals surface area contributed by atoms with Gasteiger partial charge in [0.2, 0.25) is 11.8 Å². The molecule has 2 heterocycles. The molecule has 8 nitrogen and oxygen atoms in total. The molecule has 0 aliphatic heterocycles. The summed E-state index contributed by atoms with van der Waals surface area (Å²) in [6, 6.07) is 2.05. The second-order valence-electron chi connectivity index (χ2n) is 5.12. The Labute approximate surface area is 132 Å². The number of ether oxygens (including phenoxy) is 3. The third kappa shape index (κ3) is 2.79. The molecule has 0 saturated heterocycles. The molecular formula is C15H16N4O4. The van der Waals surface area contributed by atoms with Crippen molar-refractivity contribution in [1.29, 1.82) is 0 Å². The molecule has 0 radical (unpaired) electrons. The van der Waals surface area contributed by atoms with Gasteiger partial charge in [0.05, 0.1) is 26.9 Å². The number of hydrogen-bond acceptors (Lipinski definition) is 8. The molecule has 2 atom stereocenters. The zero-order valence-corrected chi connectivity index (χ0v) is 13.0. The fourth-order valence-electron chi connectivity index (χ4n) is 2.45. The van der Waals surface area contributed by atoms with Gasteiger partial charge in [-0.25, -0.2) is 4.98 Å². The van der Waals surface area contributed by atoms with E-state index in [4.69, 9.17) is 14.2 Å². The van der Waals surface area contributed by atoms with E-state index in [2.05, 4.69) is 20.2 Å². The van der Waals surface area contributed by atoms with Gasteiger partial charge in [-0.2, -0.15) is 4.98 Å². The maximum Gasteiger partial charge on any atom is 0.319 e. The van der Waals surface area contributed by atoms with E-state index >= 15 is 0 Å². The smallest absolute Gasteiger partial charge is 0.319 e. The lowest BCUT2D eigenvalue weighted by atomic mass is 10.1.